The van der Waals surface area contributed by atoms with Gasteiger partial charge in [0.05, 0.1) is 12.2 Å². The third kappa shape index (κ3) is 7.49. The van der Waals surface area contributed by atoms with Gasteiger partial charge in [-0.05, 0) is 26.3 Å². The minimum absolute atomic E-state index is 0.00510. The number of amides is 2. The Balaban J connectivity index is 0.00000105. The van der Waals surface area contributed by atoms with Crippen LogP contribution in [0.5, 0.6) is 0 Å². The fraction of sp³-hybridized carbons (Fsp3) is 0.647. The number of hydrogen-bond acceptors (Lipinski definition) is 6. The van der Waals surface area contributed by atoms with E-state index in [1.54, 1.807) is 11.3 Å². The molecular weight excluding hydrogens is 356 g/mol. The summed E-state index contributed by atoms with van der Waals surface area (Å²) in [4.78, 5) is 38.2. The molecule has 9 heteroatoms. The van der Waals surface area contributed by atoms with E-state index < -0.39 is 0 Å². The van der Waals surface area contributed by atoms with E-state index in [4.69, 9.17) is 9.90 Å². The maximum absolute atomic E-state index is 12.1. The minimum atomic E-state index is -0.250. The molecule has 1 saturated heterocycles. The summed E-state index contributed by atoms with van der Waals surface area (Å²) in [5.41, 5.74) is 1.08. The second-order valence-electron chi connectivity index (χ2n) is 6.16. The van der Waals surface area contributed by atoms with Crippen molar-refractivity contribution in [1.82, 2.24) is 20.5 Å². The van der Waals surface area contributed by atoms with Crippen LogP contribution in [0.15, 0.2) is 5.38 Å². The van der Waals surface area contributed by atoms with E-state index in [1.807, 2.05) is 12.4 Å². The van der Waals surface area contributed by atoms with E-state index in [-0.39, 0.29) is 24.3 Å². The summed E-state index contributed by atoms with van der Waals surface area (Å²) in [6.07, 6.45) is 3.43. The molecule has 2 heterocycles. The summed E-state index contributed by atoms with van der Waals surface area (Å²) in [5.74, 6) is 0.0600. The highest BCUT2D eigenvalue weighted by Crippen LogP contribution is 2.24. The molecule has 3 N–H and O–H groups in total. The SMILES string of the molecule is CCc1csc(CNC(=O)C[C@@H]2CC[C@H](CNC(C)=O)N2C)n1.O=CO. The van der Waals surface area contributed by atoms with Crippen LogP contribution in [0.25, 0.3) is 0 Å². The van der Waals surface area contributed by atoms with Crippen molar-refractivity contribution in [2.45, 2.75) is 58.2 Å². The van der Waals surface area contributed by atoms with Crippen molar-refractivity contribution >= 4 is 29.6 Å². The molecule has 0 aliphatic carbocycles. The number of nitrogens with one attached hydrogen (secondary N) is 2. The fourth-order valence-corrected chi connectivity index (χ4v) is 3.71. The molecule has 26 heavy (non-hydrogen) atoms. The molecule has 0 unspecified atom stereocenters. The molecule has 0 aromatic carbocycles. The quantitative estimate of drug-likeness (QED) is 0.605. The van der Waals surface area contributed by atoms with Crippen LogP contribution in [0.2, 0.25) is 0 Å². The number of hydrogen-bond donors (Lipinski definition) is 3. The van der Waals surface area contributed by atoms with E-state index in [0.717, 1.165) is 30.0 Å². The molecule has 1 aromatic heterocycles. The summed E-state index contributed by atoms with van der Waals surface area (Å²) in [6, 6.07) is 0.569. The average Bonchev–Trinajstić information content (AvgIpc) is 3.19. The van der Waals surface area contributed by atoms with Gasteiger partial charge in [-0.25, -0.2) is 4.98 Å². The molecule has 0 bridgehead atoms. The maximum Gasteiger partial charge on any atom is 0.290 e. The second kappa shape index (κ2) is 11.6. The summed E-state index contributed by atoms with van der Waals surface area (Å²) in [6.45, 7) is 4.52. The molecule has 2 rings (SSSR count). The van der Waals surface area contributed by atoms with E-state index in [0.29, 0.717) is 25.6 Å². The number of carbonyl (C=O) groups excluding carboxylic acids is 2. The Bertz CT molecular complexity index is 593. The largest absolute Gasteiger partial charge is 0.483 e. The molecule has 0 saturated carbocycles. The fourth-order valence-electron chi connectivity index (χ4n) is 2.90. The van der Waals surface area contributed by atoms with Crippen molar-refractivity contribution in [2.24, 2.45) is 0 Å². The van der Waals surface area contributed by atoms with Gasteiger partial charge in [-0.15, -0.1) is 11.3 Å². The van der Waals surface area contributed by atoms with E-state index in [9.17, 15) is 9.59 Å². The molecule has 146 valence electrons. The summed E-state index contributed by atoms with van der Waals surface area (Å²) in [7, 11) is 2.03. The standard InChI is InChI=1S/C16H26N4O2S.CH2O2/c1-4-12-10-23-16(19-12)9-18-15(22)7-13-5-6-14(20(13)3)8-17-11(2)21;2-1-3/h10,13-14H,4-9H2,1-3H3,(H,17,21)(H,18,22);1H,(H,2,3)/t13-,14+;/m0./s1. The Morgan fingerprint density at radius 3 is 2.62 bits per heavy atom. The molecule has 1 aliphatic rings. The first kappa shape index (κ1) is 22.0. The molecule has 2 atom stereocenters. The summed E-state index contributed by atoms with van der Waals surface area (Å²) < 4.78 is 0. The smallest absolute Gasteiger partial charge is 0.290 e. The monoisotopic (exact) mass is 384 g/mol. The molecule has 2 amide bonds. The van der Waals surface area contributed by atoms with Crippen molar-refractivity contribution in [2.75, 3.05) is 13.6 Å². The normalized spacial score (nSPS) is 19.3. The van der Waals surface area contributed by atoms with Gasteiger partial charge in [0.25, 0.3) is 6.47 Å². The van der Waals surface area contributed by atoms with Gasteiger partial charge < -0.3 is 15.7 Å². The first-order valence-electron chi connectivity index (χ1n) is 8.65. The van der Waals surface area contributed by atoms with Gasteiger partial charge in [0.1, 0.15) is 5.01 Å². The van der Waals surface area contributed by atoms with Crippen molar-refractivity contribution < 1.29 is 19.5 Å². The van der Waals surface area contributed by atoms with Crippen LogP contribution in [0, 0.1) is 0 Å². The van der Waals surface area contributed by atoms with E-state index >= 15 is 0 Å². The second-order valence-corrected chi connectivity index (χ2v) is 7.10. The Morgan fingerprint density at radius 2 is 2.04 bits per heavy atom. The number of likely N-dealkylation sites (tertiary alicyclic amines) is 1. The van der Waals surface area contributed by atoms with Crippen molar-refractivity contribution in [3.05, 3.63) is 16.1 Å². The van der Waals surface area contributed by atoms with Crippen LogP contribution >= 0.6 is 11.3 Å². The number of likely N-dealkylation sites (N-methyl/N-ethyl adjacent to an activating group) is 1. The molecular formula is C17H28N4O4S. The van der Waals surface area contributed by atoms with Crippen LogP contribution in [-0.2, 0) is 27.3 Å². The zero-order valence-corrected chi connectivity index (χ0v) is 16.3. The molecule has 0 radical (unpaired) electrons. The first-order valence-corrected chi connectivity index (χ1v) is 9.53. The molecule has 1 aliphatic heterocycles. The highest BCUT2D eigenvalue weighted by atomic mass is 32.1. The van der Waals surface area contributed by atoms with Crippen LogP contribution in [0.4, 0.5) is 0 Å². The summed E-state index contributed by atoms with van der Waals surface area (Å²) in [5, 5.41) is 15.7. The van der Waals surface area contributed by atoms with Gasteiger partial charge in [-0.3, -0.25) is 19.3 Å². The number of aryl methyl sites for hydroxylation is 1. The van der Waals surface area contributed by atoms with Crippen LogP contribution in [0.1, 0.15) is 43.8 Å². The lowest BCUT2D eigenvalue weighted by Gasteiger charge is -2.25. The van der Waals surface area contributed by atoms with E-state index in [2.05, 4.69) is 27.4 Å². The lowest BCUT2D eigenvalue weighted by Crippen LogP contribution is -2.41. The number of carboxylic acid groups (broad SMARTS) is 1. The predicted molar refractivity (Wildman–Crippen MR) is 99.9 cm³/mol. The first-order chi connectivity index (χ1) is 12.4. The van der Waals surface area contributed by atoms with Gasteiger partial charge in [0.15, 0.2) is 0 Å². The zero-order valence-electron chi connectivity index (χ0n) is 15.5. The third-order valence-corrected chi connectivity index (χ3v) is 5.29. The topological polar surface area (TPSA) is 112 Å². The maximum atomic E-state index is 12.1. The van der Waals surface area contributed by atoms with Crippen molar-refractivity contribution in [3.63, 3.8) is 0 Å². The molecule has 1 fully saturated rings. The van der Waals surface area contributed by atoms with E-state index in [1.165, 1.54) is 6.92 Å². The van der Waals surface area contributed by atoms with Gasteiger partial charge in [0, 0.05) is 37.4 Å². The molecule has 1 aromatic rings. The number of rotatable bonds is 7. The van der Waals surface area contributed by atoms with Gasteiger partial charge in [-0.2, -0.15) is 0 Å². The number of carbonyl (C=O) groups is 3. The van der Waals surface area contributed by atoms with Crippen molar-refractivity contribution in [3.8, 4) is 0 Å². The third-order valence-electron chi connectivity index (χ3n) is 4.39. The Kier molecular flexibility index (Phi) is 9.82. The number of thiazole rings is 1. The van der Waals surface area contributed by atoms with Gasteiger partial charge in [-0.1, -0.05) is 6.92 Å². The summed E-state index contributed by atoms with van der Waals surface area (Å²) >= 11 is 1.59. The van der Waals surface area contributed by atoms with Gasteiger partial charge in [0.2, 0.25) is 11.8 Å². The minimum Gasteiger partial charge on any atom is -0.483 e. The average molecular weight is 385 g/mol. The lowest BCUT2D eigenvalue weighted by atomic mass is 10.1. The number of aromatic nitrogens is 1. The molecule has 0 spiro atoms. The van der Waals surface area contributed by atoms with Crippen molar-refractivity contribution in [1.29, 1.82) is 0 Å². The highest BCUT2D eigenvalue weighted by molar-refractivity contribution is 7.09. The van der Waals surface area contributed by atoms with Crippen LogP contribution in [0.3, 0.4) is 0 Å². The van der Waals surface area contributed by atoms with Crippen LogP contribution < -0.4 is 10.6 Å². The zero-order chi connectivity index (χ0) is 19.5. The molecule has 8 nitrogen and oxygen atoms in total. The highest BCUT2D eigenvalue weighted by Gasteiger charge is 2.31. The Hall–Kier alpha value is -2.00. The Morgan fingerprint density at radius 1 is 1.38 bits per heavy atom. The Labute approximate surface area is 158 Å². The number of nitrogens with zero attached hydrogens (tertiary/aromatic N) is 2. The predicted octanol–water partition coefficient (Wildman–Crippen LogP) is 1.01. The van der Waals surface area contributed by atoms with Crippen LogP contribution in [-0.4, -0.2) is 59.0 Å². The van der Waals surface area contributed by atoms with Gasteiger partial charge >= 0.3 is 0 Å². The lowest BCUT2D eigenvalue weighted by molar-refractivity contribution is -0.123.